The molecule has 2 atom stereocenters. The van der Waals surface area contributed by atoms with E-state index in [0.717, 1.165) is 10.9 Å². The van der Waals surface area contributed by atoms with E-state index in [9.17, 15) is 26.7 Å². The van der Waals surface area contributed by atoms with Crippen molar-refractivity contribution in [3.8, 4) is 0 Å². The van der Waals surface area contributed by atoms with E-state index in [1.54, 1.807) is 0 Å². The quantitative estimate of drug-likeness (QED) is 0.518. The number of nitrogens with two attached hydrogens (primary N) is 2. The molecule has 3 aromatic rings. The Hall–Kier alpha value is -3.29. The Morgan fingerprint density at radius 3 is 2.69 bits per heavy atom. The van der Waals surface area contributed by atoms with Gasteiger partial charge in [-0.15, -0.1) is 0 Å². The minimum Gasteiger partial charge on any atom is -0.384 e. The highest BCUT2D eigenvalue weighted by Gasteiger charge is 2.43. The van der Waals surface area contributed by atoms with E-state index in [1.807, 2.05) is 0 Å². The van der Waals surface area contributed by atoms with Crippen LogP contribution >= 0.6 is 0 Å². The van der Waals surface area contributed by atoms with Crippen LogP contribution in [-0.4, -0.2) is 42.3 Å². The van der Waals surface area contributed by atoms with Gasteiger partial charge in [0.1, 0.15) is 11.4 Å². The molecule has 0 radical (unpaired) electrons. The number of alkyl halides is 5. The molecule has 1 aliphatic rings. The maximum Gasteiger partial charge on any atom is 0.437 e. The van der Waals surface area contributed by atoms with Gasteiger partial charge >= 0.3 is 6.18 Å². The number of rotatable bonds is 3. The van der Waals surface area contributed by atoms with Crippen LogP contribution in [0.25, 0.3) is 5.65 Å². The summed E-state index contributed by atoms with van der Waals surface area (Å²) in [4.78, 5) is 17.2. The van der Waals surface area contributed by atoms with Gasteiger partial charge in [-0.1, -0.05) is 0 Å². The van der Waals surface area contributed by atoms with Crippen molar-refractivity contribution < 1.29 is 26.7 Å². The number of nitrogens with one attached hydrogen (secondary N) is 1. The fourth-order valence-electron chi connectivity index (χ4n) is 3.92. The number of amides is 1. The monoisotopic (exact) mass is 458 g/mol. The van der Waals surface area contributed by atoms with Gasteiger partial charge in [0.25, 0.3) is 5.91 Å². The third kappa shape index (κ3) is 3.97. The lowest BCUT2D eigenvalue weighted by atomic mass is 9.80. The first-order valence-electron chi connectivity index (χ1n) is 9.56. The van der Waals surface area contributed by atoms with E-state index in [-0.39, 0.29) is 29.1 Å². The number of aromatic nitrogens is 5. The van der Waals surface area contributed by atoms with Crippen LogP contribution in [0.15, 0.2) is 18.5 Å². The Kier molecular flexibility index (Phi) is 5.07. The average Bonchev–Trinajstić information content (AvgIpc) is 3.20. The molecule has 0 bridgehead atoms. The number of anilines is 2. The summed E-state index contributed by atoms with van der Waals surface area (Å²) in [6, 6.07) is 0.389. The number of aryl methyl sites for hydroxylation is 1. The third-order valence-electron chi connectivity index (χ3n) is 5.33. The molecule has 3 heterocycles. The van der Waals surface area contributed by atoms with Crippen LogP contribution in [0.2, 0.25) is 0 Å². The molecule has 14 heteroatoms. The molecule has 5 N–H and O–H groups in total. The molecule has 0 aliphatic heterocycles. The van der Waals surface area contributed by atoms with E-state index in [4.69, 9.17) is 11.5 Å². The summed E-state index contributed by atoms with van der Waals surface area (Å²) in [5, 5.41) is 9.83. The number of carbonyl (C=O) groups is 1. The molecular weight excluding hydrogens is 439 g/mol. The topological polar surface area (TPSA) is 129 Å². The van der Waals surface area contributed by atoms with Gasteiger partial charge < -0.3 is 16.8 Å². The summed E-state index contributed by atoms with van der Waals surface area (Å²) in [5.74, 6) is -4.60. The molecule has 172 valence electrons. The lowest BCUT2D eigenvalue weighted by molar-refractivity contribution is -0.140. The number of nitrogen functional groups attached to an aromatic ring is 1. The molecule has 0 aromatic carbocycles. The predicted molar refractivity (Wildman–Crippen MR) is 103 cm³/mol. The number of hydrogen-bond acceptors (Lipinski definition) is 6. The molecular formula is C18H19F5N8O. The largest absolute Gasteiger partial charge is 0.437 e. The van der Waals surface area contributed by atoms with Crippen LogP contribution in [0, 0.1) is 0 Å². The standard InChI is InChI=1S/C18H19F5N8O/c1-30-7-10(14(29-30)18(21,22)23)26-16(32)12-13(8-2-4-17(19,20)6-9(8)24)28-31-5-3-11(25)27-15(12)31/h3,5,7-9H,2,4,6,24H2,1H3,(H2,25,27)(H,26,32). The number of carbonyl (C=O) groups excluding carboxylic acids is 1. The van der Waals surface area contributed by atoms with E-state index in [2.05, 4.69) is 20.5 Å². The van der Waals surface area contributed by atoms with Gasteiger partial charge in [0, 0.05) is 44.2 Å². The second-order valence-corrected chi connectivity index (χ2v) is 7.77. The maximum absolute atomic E-state index is 13.8. The number of nitrogens with zero attached hydrogens (tertiary/aromatic N) is 5. The Labute approximate surface area is 177 Å². The number of fused-ring (bicyclic) bond motifs is 1. The summed E-state index contributed by atoms with van der Waals surface area (Å²) in [7, 11) is 1.27. The summed E-state index contributed by atoms with van der Waals surface area (Å²) >= 11 is 0. The zero-order valence-corrected chi connectivity index (χ0v) is 16.7. The molecule has 4 rings (SSSR count). The van der Waals surface area contributed by atoms with Crippen LogP contribution in [0.4, 0.5) is 33.5 Å². The van der Waals surface area contributed by atoms with Gasteiger partial charge in [-0.25, -0.2) is 18.3 Å². The lowest BCUT2D eigenvalue weighted by Gasteiger charge is -2.33. The zero-order valence-electron chi connectivity index (χ0n) is 16.7. The highest BCUT2D eigenvalue weighted by Crippen LogP contribution is 2.41. The van der Waals surface area contributed by atoms with Gasteiger partial charge in [-0.2, -0.15) is 23.4 Å². The predicted octanol–water partition coefficient (Wildman–Crippen LogP) is 2.55. The first-order chi connectivity index (χ1) is 14.9. The van der Waals surface area contributed by atoms with E-state index in [0.29, 0.717) is 0 Å². The van der Waals surface area contributed by atoms with Crippen molar-refractivity contribution >= 4 is 23.1 Å². The Morgan fingerprint density at radius 1 is 1.31 bits per heavy atom. The normalized spacial score (nSPS) is 21.1. The molecule has 9 nitrogen and oxygen atoms in total. The second-order valence-electron chi connectivity index (χ2n) is 7.77. The summed E-state index contributed by atoms with van der Waals surface area (Å²) in [6.07, 6.45) is -3.53. The molecule has 2 unspecified atom stereocenters. The fourth-order valence-corrected chi connectivity index (χ4v) is 3.92. The highest BCUT2D eigenvalue weighted by molar-refractivity contribution is 6.09. The Bertz CT molecular complexity index is 1180. The summed E-state index contributed by atoms with van der Waals surface area (Å²) in [6.45, 7) is 0. The molecule has 0 saturated heterocycles. The number of halogens is 5. The lowest BCUT2D eigenvalue weighted by Crippen LogP contribution is -2.41. The van der Waals surface area contributed by atoms with E-state index in [1.165, 1.54) is 23.8 Å². The molecule has 32 heavy (non-hydrogen) atoms. The molecule has 1 aliphatic carbocycles. The van der Waals surface area contributed by atoms with Crippen molar-refractivity contribution in [3.63, 3.8) is 0 Å². The molecule has 1 saturated carbocycles. The van der Waals surface area contributed by atoms with Crippen molar-refractivity contribution in [1.82, 2.24) is 24.4 Å². The first-order valence-corrected chi connectivity index (χ1v) is 9.56. The van der Waals surface area contributed by atoms with Gasteiger partial charge in [0.15, 0.2) is 11.3 Å². The van der Waals surface area contributed by atoms with Crippen LogP contribution in [0.5, 0.6) is 0 Å². The molecule has 1 amide bonds. The average molecular weight is 458 g/mol. The Balaban J connectivity index is 1.79. The molecule has 1 fully saturated rings. The highest BCUT2D eigenvalue weighted by atomic mass is 19.4. The number of hydrogen-bond donors (Lipinski definition) is 3. The van der Waals surface area contributed by atoms with E-state index < -0.39 is 54.2 Å². The van der Waals surface area contributed by atoms with E-state index >= 15 is 0 Å². The van der Waals surface area contributed by atoms with Crippen molar-refractivity contribution in [1.29, 1.82) is 0 Å². The van der Waals surface area contributed by atoms with Gasteiger partial charge in [0.2, 0.25) is 5.92 Å². The minimum atomic E-state index is -4.81. The summed E-state index contributed by atoms with van der Waals surface area (Å²) in [5.41, 5.74) is 9.69. The van der Waals surface area contributed by atoms with Crippen LogP contribution in [0.3, 0.4) is 0 Å². The van der Waals surface area contributed by atoms with Crippen LogP contribution in [-0.2, 0) is 13.2 Å². The second kappa shape index (κ2) is 7.39. The maximum atomic E-state index is 13.8. The zero-order chi connectivity index (χ0) is 23.4. The van der Waals surface area contributed by atoms with Crippen molar-refractivity contribution in [3.05, 3.63) is 35.4 Å². The van der Waals surface area contributed by atoms with Crippen molar-refractivity contribution in [2.75, 3.05) is 11.1 Å². The molecule has 3 aromatic heterocycles. The van der Waals surface area contributed by atoms with Crippen molar-refractivity contribution in [2.24, 2.45) is 12.8 Å². The molecule has 0 spiro atoms. The van der Waals surface area contributed by atoms with Gasteiger partial charge in [0.05, 0.1) is 11.4 Å². The van der Waals surface area contributed by atoms with Gasteiger partial charge in [-0.05, 0) is 12.5 Å². The van der Waals surface area contributed by atoms with Gasteiger partial charge in [-0.3, -0.25) is 9.48 Å². The van der Waals surface area contributed by atoms with Crippen LogP contribution < -0.4 is 16.8 Å². The third-order valence-corrected chi connectivity index (χ3v) is 5.33. The Morgan fingerprint density at radius 2 is 2.03 bits per heavy atom. The minimum absolute atomic E-state index is 0.0283. The van der Waals surface area contributed by atoms with Crippen LogP contribution in [0.1, 0.15) is 46.9 Å². The first kappa shape index (κ1) is 21.9. The SMILES string of the molecule is Cn1cc(NC(=O)c2c(C3CCC(F)(F)CC3N)nn3ccc(N)nc23)c(C(F)(F)F)n1. The smallest absolute Gasteiger partial charge is 0.384 e. The summed E-state index contributed by atoms with van der Waals surface area (Å²) < 4.78 is 69.6. The van der Waals surface area contributed by atoms with Crippen molar-refractivity contribution in [2.45, 2.75) is 43.3 Å². The fraction of sp³-hybridized carbons (Fsp3) is 0.444.